The Labute approximate surface area is 261 Å². The van der Waals surface area contributed by atoms with Gasteiger partial charge in [0.15, 0.2) is 0 Å². The zero-order valence-electron chi connectivity index (χ0n) is 23.2. The topological polar surface area (TPSA) is 96.0 Å². The molecular weight excluding hydrogens is 621 g/mol. The van der Waals surface area contributed by atoms with E-state index < -0.39 is 28.5 Å². The molecule has 1 saturated carbocycles. The lowest BCUT2D eigenvalue weighted by Crippen LogP contribution is -2.52. The number of hydrogen-bond donors (Lipinski definition) is 1. The van der Waals surface area contributed by atoms with Crippen LogP contribution in [0.3, 0.4) is 0 Å². The molecular formula is C30H32Cl3N3O5S. The van der Waals surface area contributed by atoms with Gasteiger partial charge in [-0.1, -0.05) is 59.8 Å². The van der Waals surface area contributed by atoms with Crippen LogP contribution in [0.1, 0.15) is 38.2 Å². The van der Waals surface area contributed by atoms with Crippen molar-refractivity contribution in [2.75, 3.05) is 18.0 Å². The van der Waals surface area contributed by atoms with Crippen molar-refractivity contribution in [2.24, 2.45) is 0 Å². The normalized spacial score (nSPS) is 14.3. The monoisotopic (exact) mass is 651 g/mol. The van der Waals surface area contributed by atoms with E-state index >= 15 is 0 Å². The van der Waals surface area contributed by atoms with Crippen LogP contribution in [0.2, 0.25) is 15.1 Å². The van der Waals surface area contributed by atoms with Gasteiger partial charge in [0.05, 0.1) is 17.7 Å². The summed E-state index contributed by atoms with van der Waals surface area (Å²) in [7, 11) is -2.78. The molecule has 0 radical (unpaired) electrons. The lowest BCUT2D eigenvalue weighted by atomic mass is 10.1. The number of halogens is 3. The number of ether oxygens (including phenoxy) is 1. The van der Waals surface area contributed by atoms with E-state index in [1.54, 1.807) is 43.3 Å². The van der Waals surface area contributed by atoms with Crippen molar-refractivity contribution >= 4 is 62.3 Å². The molecule has 0 aromatic heterocycles. The summed E-state index contributed by atoms with van der Waals surface area (Å²) in [5, 5.41) is 3.96. The smallest absolute Gasteiger partial charge is 0.264 e. The molecule has 1 N–H and O–H groups in total. The molecule has 0 aliphatic heterocycles. The van der Waals surface area contributed by atoms with Gasteiger partial charge in [0.25, 0.3) is 10.0 Å². The maximum Gasteiger partial charge on any atom is 0.264 e. The molecule has 1 atom stereocenters. The van der Waals surface area contributed by atoms with Crippen molar-refractivity contribution in [3.63, 3.8) is 0 Å². The highest BCUT2D eigenvalue weighted by atomic mass is 35.5. The van der Waals surface area contributed by atoms with Crippen LogP contribution in [0.5, 0.6) is 5.75 Å². The van der Waals surface area contributed by atoms with Crippen LogP contribution in [-0.2, 0) is 26.2 Å². The Morgan fingerprint density at radius 3 is 2.19 bits per heavy atom. The van der Waals surface area contributed by atoms with Crippen molar-refractivity contribution in [1.82, 2.24) is 10.2 Å². The van der Waals surface area contributed by atoms with E-state index in [0.717, 1.165) is 30.0 Å². The van der Waals surface area contributed by atoms with E-state index in [-0.39, 0.29) is 29.1 Å². The average Bonchev–Trinajstić information content (AvgIpc) is 3.48. The largest absolute Gasteiger partial charge is 0.497 e. The molecule has 0 spiro atoms. The molecule has 3 aromatic carbocycles. The Balaban J connectivity index is 1.72. The molecule has 0 saturated heterocycles. The van der Waals surface area contributed by atoms with E-state index in [1.807, 2.05) is 0 Å². The van der Waals surface area contributed by atoms with Gasteiger partial charge in [0.1, 0.15) is 18.3 Å². The first-order valence-corrected chi connectivity index (χ1v) is 16.0. The lowest BCUT2D eigenvalue weighted by molar-refractivity contribution is -0.139. The van der Waals surface area contributed by atoms with Gasteiger partial charge < -0.3 is 15.0 Å². The summed E-state index contributed by atoms with van der Waals surface area (Å²) >= 11 is 19.1. The molecule has 4 rings (SSSR count). The van der Waals surface area contributed by atoms with Gasteiger partial charge >= 0.3 is 0 Å². The minimum absolute atomic E-state index is 0.0270. The van der Waals surface area contributed by atoms with Gasteiger partial charge in [0, 0.05) is 33.2 Å². The van der Waals surface area contributed by atoms with E-state index in [0.29, 0.717) is 26.4 Å². The number of anilines is 1. The Hall–Kier alpha value is -2.98. The molecule has 1 aliphatic rings. The van der Waals surface area contributed by atoms with Crippen molar-refractivity contribution in [1.29, 1.82) is 0 Å². The molecule has 0 bridgehead atoms. The minimum atomic E-state index is -4.26. The van der Waals surface area contributed by atoms with E-state index in [4.69, 9.17) is 39.5 Å². The summed E-state index contributed by atoms with van der Waals surface area (Å²) in [6.07, 6.45) is 3.78. The molecule has 1 aliphatic carbocycles. The van der Waals surface area contributed by atoms with Crippen LogP contribution in [0, 0.1) is 0 Å². The maximum atomic E-state index is 14.1. The standard InChI is InChI=1S/C30H32Cl3N3O5S/c1-20(30(38)34-22-8-3-4-9-22)35(18-26-27(32)11-6-12-28(26)33)29(37)19-36(23-10-5-7-21(31)17-23)42(39,40)25-15-13-24(41-2)14-16-25/h5-7,10-17,20,22H,3-4,8-9,18-19H2,1-2H3,(H,34,38). The van der Waals surface area contributed by atoms with E-state index in [9.17, 15) is 18.0 Å². The maximum absolute atomic E-state index is 14.1. The second kappa shape index (κ2) is 14.0. The van der Waals surface area contributed by atoms with Gasteiger partial charge in [-0.05, 0) is 74.4 Å². The fourth-order valence-corrected chi connectivity index (χ4v) is 6.97. The number of nitrogens with zero attached hydrogens (tertiary/aromatic N) is 2. The fraction of sp³-hybridized carbons (Fsp3) is 0.333. The number of hydrogen-bond acceptors (Lipinski definition) is 5. The number of methoxy groups -OCH3 is 1. The number of carbonyl (C=O) groups is 2. The van der Waals surface area contributed by atoms with Crippen molar-refractivity contribution in [3.8, 4) is 5.75 Å². The Morgan fingerprint density at radius 2 is 1.60 bits per heavy atom. The second-order valence-electron chi connectivity index (χ2n) is 10.1. The summed E-state index contributed by atoms with van der Waals surface area (Å²) in [5.41, 5.74) is 0.632. The Bertz CT molecular complexity index is 1510. The molecule has 8 nitrogen and oxygen atoms in total. The number of sulfonamides is 1. The Kier molecular flexibility index (Phi) is 10.6. The van der Waals surface area contributed by atoms with E-state index in [2.05, 4.69) is 5.32 Å². The quantitative estimate of drug-likeness (QED) is 0.261. The first-order chi connectivity index (χ1) is 20.0. The summed E-state index contributed by atoms with van der Waals surface area (Å²) in [6.45, 7) is 0.884. The first-order valence-electron chi connectivity index (χ1n) is 13.5. The highest BCUT2D eigenvalue weighted by Gasteiger charge is 2.34. The van der Waals surface area contributed by atoms with Gasteiger partial charge in [-0.2, -0.15) is 0 Å². The molecule has 2 amide bonds. The number of carbonyl (C=O) groups excluding carboxylic acids is 2. The predicted octanol–water partition coefficient (Wildman–Crippen LogP) is 6.33. The number of nitrogens with one attached hydrogen (secondary N) is 1. The van der Waals surface area contributed by atoms with Gasteiger partial charge in [-0.15, -0.1) is 0 Å². The summed E-state index contributed by atoms with van der Waals surface area (Å²) in [6, 6.07) is 16.1. The van der Waals surface area contributed by atoms with Crippen LogP contribution in [0.25, 0.3) is 0 Å². The molecule has 12 heteroatoms. The minimum Gasteiger partial charge on any atom is -0.497 e. The summed E-state index contributed by atoms with van der Waals surface area (Å²) in [4.78, 5) is 28.7. The first kappa shape index (κ1) is 31.9. The average molecular weight is 653 g/mol. The number of benzene rings is 3. The lowest BCUT2D eigenvalue weighted by Gasteiger charge is -2.33. The third-order valence-corrected chi connectivity index (χ3v) is 10.0. The SMILES string of the molecule is COc1ccc(S(=O)(=O)N(CC(=O)N(Cc2c(Cl)cccc2Cl)C(C)C(=O)NC2CCCC2)c2cccc(Cl)c2)cc1. The van der Waals surface area contributed by atoms with E-state index in [1.165, 1.54) is 42.3 Å². The highest BCUT2D eigenvalue weighted by Crippen LogP contribution is 2.30. The van der Waals surface area contributed by atoms with Crippen LogP contribution in [0.4, 0.5) is 5.69 Å². The molecule has 224 valence electrons. The van der Waals surface area contributed by atoms with Crippen molar-refractivity contribution in [3.05, 3.63) is 87.4 Å². The zero-order chi connectivity index (χ0) is 30.4. The predicted molar refractivity (Wildman–Crippen MR) is 166 cm³/mol. The molecule has 42 heavy (non-hydrogen) atoms. The summed E-state index contributed by atoms with van der Waals surface area (Å²) in [5.74, 6) is -0.493. The fourth-order valence-electron chi connectivity index (χ4n) is 4.86. The van der Waals surface area contributed by atoms with Gasteiger partial charge in [-0.25, -0.2) is 8.42 Å². The third-order valence-electron chi connectivity index (χ3n) is 7.28. The molecule has 3 aromatic rings. The van der Waals surface area contributed by atoms with Crippen LogP contribution < -0.4 is 14.4 Å². The zero-order valence-corrected chi connectivity index (χ0v) is 26.3. The number of amides is 2. The number of rotatable bonds is 11. The third kappa shape index (κ3) is 7.50. The second-order valence-corrected chi connectivity index (χ2v) is 13.2. The van der Waals surface area contributed by atoms with Crippen LogP contribution in [0.15, 0.2) is 71.6 Å². The van der Waals surface area contributed by atoms with Gasteiger partial charge in [-0.3, -0.25) is 13.9 Å². The summed E-state index contributed by atoms with van der Waals surface area (Å²) < 4.78 is 34.0. The van der Waals surface area contributed by atoms with Crippen molar-refractivity contribution in [2.45, 2.75) is 56.1 Å². The van der Waals surface area contributed by atoms with Crippen LogP contribution >= 0.6 is 34.8 Å². The molecule has 1 fully saturated rings. The van der Waals surface area contributed by atoms with Gasteiger partial charge in [0.2, 0.25) is 11.8 Å². The Morgan fingerprint density at radius 1 is 0.976 bits per heavy atom. The molecule has 0 heterocycles. The molecule has 1 unspecified atom stereocenters. The highest BCUT2D eigenvalue weighted by molar-refractivity contribution is 7.92. The van der Waals surface area contributed by atoms with Crippen LogP contribution in [-0.4, -0.2) is 50.9 Å². The van der Waals surface area contributed by atoms with Crippen molar-refractivity contribution < 1.29 is 22.7 Å².